The number of pyridine rings is 1. The third-order valence-corrected chi connectivity index (χ3v) is 3.11. The third-order valence-electron chi connectivity index (χ3n) is 3.11. The highest BCUT2D eigenvalue weighted by molar-refractivity contribution is 5.87. The van der Waals surface area contributed by atoms with Crippen molar-refractivity contribution in [3.05, 3.63) is 59.3 Å². The van der Waals surface area contributed by atoms with Crippen LogP contribution in [0.5, 0.6) is 5.88 Å². The van der Waals surface area contributed by atoms with Crippen LogP contribution in [0.2, 0.25) is 0 Å². The van der Waals surface area contributed by atoms with E-state index in [0.29, 0.717) is 11.4 Å². The van der Waals surface area contributed by atoms with Crippen LogP contribution >= 0.6 is 0 Å². The number of methoxy groups -OCH3 is 1. The van der Waals surface area contributed by atoms with Crippen molar-refractivity contribution in [1.29, 1.82) is 0 Å². The first-order valence-corrected chi connectivity index (χ1v) is 6.58. The lowest BCUT2D eigenvalue weighted by Gasteiger charge is -2.16. The van der Waals surface area contributed by atoms with E-state index in [9.17, 15) is 4.79 Å². The number of aromatic carboxylic acids is 1. The van der Waals surface area contributed by atoms with Crippen molar-refractivity contribution < 1.29 is 14.6 Å². The van der Waals surface area contributed by atoms with Crippen molar-refractivity contribution in [3.8, 4) is 5.88 Å². The number of carboxylic acid groups (broad SMARTS) is 1. The second kappa shape index (κ2) is 6.85. The summed E-state index contributed by atoms with van der Waals surface area (Å²) in [4.78, 5) is 17.1. The fraction of sp³-hybridized carbons (Fsp3) is 0.250. The van der Waals surface area contributed by atoms with Crippen LogP contribution in [-0.2, 0) is 13.1 Å². The fourth-order valence-corrected chi connectivity index (χ4v) is 2.06. The molecular weight excluding hydrogens is 268 g/mol. The Kier molecular flexibility index (Phi) is 4.90. The minimum Gasteiger partial charge on any atom is -0.481 e. The molecule has 110 valence electrons. The lowest BCUT2D eigenvalue weighted by Crippen LogP contribution is -2.17. The molecule has 0 spiro atoms. The molecule has 2 aromatic rings. The minimum atomic E-state index is -0.904. The average Bonchev–Trinajstić information content (AvgIpc) is 2.48. The summed E-state index contributed by atoms with van der Waals surface area (Å²) in [5.74, 6) is -0.301. The maximum absolute atomic E-state index is 10.8. The monoisotopic (exact) mass is 286 g/mol. The van der Waals surface area contributed by atoms with Crippen LogP contribution < -0.4 is 4.74 Å². The molecule has 21 heavy (non-hydrogen) atoms. The molecule has 0 fully saturated rings. The van der Waals surface area contributed by atoms with Gasteiger partial charge in [-0.1, -0.05) is 18.2 Å². The van der Waals surface area contributed by atoms with E-state index in [-0.39, 0.29) is 0 Å². The van der Waals surface area contributed by atoms with Gasteiger partial charge in [-0.3, -0.25) is 4.90 Å². The Balaban J connectivity index is 1.94. The number of benzene rings is 1. The van der Waals surface area contributed by atoms with E-state index in [0.717, 1.165) is 24.2 Å². The molecule has 5 nitrogen and oxygen atoms in total. The Hall–Kier alpha value is -2.40. The van der Waals surface area contributed by atoms with E-state index in [4.69, 9.17) is 9.84 Å². The number of nitrogens with zero attached hydrogens (tertiary/aromatic N) is 2. The van der Waals surface area contributed by atoms with Crippen LogP contribution in [0.1, 0.15) is 21.5 Å². The van der Waals surface area contributed by atoms with Gasteiger partial charge in [-0.05, 0) is 30.3 Å². The van der Waals surface area contributed by atoms with Gasteiger partial charge in [0.1, 0.15) is 0 Å². The number of carboxylic acids is 1. The van der Waals surface area contributed by atoms with Gasteiger partial charge in [-0.2, -0.15) is 0 Å². The van der Waals surface area contributed by atoms with E-state index in [1.54, 1.807) is 25.4 Å². The number of aromatic nitrogens is 1. The fourth-order valence-electron chi connectivity index (χ4n) is 2.06. The summed E-state index contributed by atoms with van der Waals surface area (Å²) < 4.78 is 5.03. The molecule has 5 heteroatoms. The maximum Gasteiger partial charge on any atom is 0.335 e. The van der Waals surface area contributed by atoms with E-state index >= 15 is 0 Å². The molecule has 0 aliphatic rings. The number of hydrogen-bond donors (Lipinski definition) is 1. The zero-order chi connectivity index (χ0) is 15.2. The molecule has 0 saturated heterocycles. The first-order chi connectivity index (χ1) is 10.1. The molecule has 1 aromatic carbocycles. The SMILES string of the molecule is COc1ccc(CN(C)Cc2ccc(C(=O)O)cc2)cn1. The summed E-state index contributed by atoms with van der Waals surface area (Å²) in [6, 6.07) is 10.8. The van der Waals surface area contributed by atoms with Crippen LogP contribution in [0, 0.1) is 0 Å². The van der Waals surface area contributed by atoms with E-state index in [2.05, 4.69) is 9.88 Å². The van der Waals surface area contributed by atoms with Gasteiger partial charge in [0, 0.05) is 25.4 Å². The normalized spacial score (nSPS) is 10.6. The molecule has 0 amide bonds. The lowest BCUT2D eigenvalue weighted by molar-refractivity contribution is 0.0697. The van der Waals surface area contributed by atoms with Crippen LogP contribution in [0.4, 0.5) is 0 Å². The Bertz CT molecular complexity index is 594. The first kappa shape index (κ1) is 15.0. The third kappa shape index (κ3) is 4.29. The van der Waals surface area contributed by atoms with Crippen molar-refractivity contribution in [2.24, 2.45) is 0 Å². The topological polar surface area (TPSA) is 62.7 Å². The smallest absolute Gasteiger partial charge is 0.335 e. The second-order valence-electron chi connectivity index (χ2n) is 4.88. The quantitative estimate of drug-likeness (QED) is 0.883. The van der Waals surface area contributed by atoms with Gasteiger partial charge in [0.05, 0.1) is 12.7 Å². The summed E-state index contributed by atoms with van der Waals surface area (Å²) in [5, 5.41) is 8.87. The summed E-state index contributed by atoms with van der Waals surface area (Å²) in [6.07, 6.45) is 1.79. The van der Waals surface area contributed by atoms with Crippen LogP contribution in [0.25, 0.3) is 0 Å². The molecule has 0 aliphatic carbocycles. The molecule has 0 bridgehead atoms. The van der Waals surface area contributed by atoms with Crippen molar-refractivity contribution in [3.63, 3.8) is 0 Å². The van der Waals surface area contributed by atoms with Crippen molar-refractivity contribution in [2.75, 3.05) is 14.2 Å². The van der Waals surface area contributed by atoms with Crippen molar-refractivity contribution >= 4 is 5.97 Å². The van der Waals surface area contributed by atoms with Gasteiger partial charge in [0.2, 0.25) is 5.88 Å². The molecule has 1 heterocycles. The van der Waals surface area contributed by atoms with Crippen molar-refractivity contribution in [1.82, 2.24) is 9.88 Å². The molecule has 2 rings (SSSR count). The standard InChI is InChI=1S/C16H18N2O3/c1-18(11-13-5-8-15(21-2)17-9-13)10-12-3-6-14(7-4-12)16(19)20/h3-9H,10-11H2,1-2H3,(H,19,20). The van der Waals surface area contributed by atoms with Gasteiger partial charge >= 0.3 is 5.97 Å². The van der Waals surface area contributed by atoms with Crippen molar-refractivity contribution in [2.45, 2.75) is 13.1 Å². The molecule has 0 atom stereocenters. The van der Waals surface area contributed by atoms with Gasteiger partial charge in [0.15, 0.2) is 0 Å². The molecule has 1 aromatic heterocycles. The van der Waals surface area contributed by atoms with E-state index in [1.165, 1.54) is 0 Å². The highest BCUT2D eigenvalue weighted by Gasteiger charge is 2.05. The maximum atomic E-state index is 10.8. The van der Waals surface area contributed by atoms with E-state index < -0.39 is 5.97 Å². The molecule has 0 unspecified atom stereocenters. The largest absolute Gasteiger partial charge is 0.481 e. The van der Waals surface area contributed by atoms with Crippen LogP contribution in [-0.4, -0.2) is 35.1 Å². The number of rotatable bonds is 6. The Morgan fingerprint density at radius 3 is 2.29 bits per heavy atom. The summed E-state index contributed by atoms with van der Waals surface area (Å²) >= 11 is 0. The summed E-state index contributed by atoms with van der Waals surface area (Å²) in [5.41, 5.74) is 2.48. The highest BCUT2D eigenvalue weighted by atomic mass is 16.5. The second-order valence-corrected chi connectivity index (χ2v) is 4.88. The Labute approximate surface area is 123 Å². The summed E-state index contributed by atoms with van der Waals surface area (Å²) in [7, 11) is 3.60. The average molecular weight is 286 g/mol. The van der Waals surface area contributed by atoms with Crippen LogP contribution in [0.3, 0.4) is 0 Å². The number of hydrogen-bond acceptors (Lipinski definition) is 4. The molecule has 0 saturated carbocycles. The Morgan fingerprint density at radius 1 is 1.14 bits per heavy atom. The molecule has 0 radical (unpaired) electrons. The molecule has 0 aliphatic heterocycles. The predicted octanol–water partition coefficient (Wildman–Crippen LogP) is 2.42. The first-order valence-electron chi connectivity index (χ1n) is 6.58. The number of carbonyl (C=O) groups is 1. The minimum absolute atomic E-state index is 0.306. The van der Waals surface area contributed by atoms with Gasteiger partial charge in [-0.15, -0.1) is 0 Å². The van der Waals surface area contributed by atoms with Gasteiger partial charge in [0.25, 0.3) is 0 Å². The Morgan fingerprint density at radius 2 is 1.76 bits per heavy atom. The molecular formula is C16H18N2O3. The number of ether oxygens (including phenoxy) is 1. The van der Waals surface area contributed by atoms with Gasteiger partial charge in [-0.25, -0.2) is 9.78 Å². The zero-order valence-electron chi connectivity index (χ0n) is 12.1. The molecule has 1 N–H and O–H groups in total. The predicted molar refractivity (Wildman–Crippen MR) is 79.4 cm³/mol. The summed E-state index contributed by atoms with van der Waals surface area (Å²) in [6.45, 7) is 1.50. The highest BCUT2D eigenvalue weighted by Crippen LogP contribution is 2.11. The van der Waals surface area contributed by atoms with E-state index in [1.807, 2.05) is 31.3 Å². The van der Waals surface area contributed by atoms with Crippen LogP contribution in [0.15, 0.2) is 42.6 Å². The van der Waals surface area contributed by atoms with Gasteiger partial charge < -0.3 is 9.84 Å². The zero-order valence-corrected chi connectivity index (χ0v) is 12.1. The lowest BCUT2D eigenvalue weighted by atomic mass is 10.1.